The van der Waals surface area contributed by atoms with Gasteiger partial charge in [-0.3, -0.25) is 4.79 Å². The average molecular weight is 370 g/mol. The molecule has 4 aromatic rings. The zero-order chi connectivity index (χ0) is 19.5. The van der Waals surface area contributed by atoms with E-state index in [1.807, 2.05) is 72.8 Å². The van der Waals surface area contributed by atoms with Crippen molar-refractivity contribution in [3.63, 3.8) is 0 Å². The summed E-state index contributed by atoms with van der Waals surface area (Å²) in [6.07, 6.45) is 1.50. The smallest absolute Gasteiger partial charge is 0.324 e. The molecule has 0 radical (unpaired) electrons. The highest BCUT2D eigenvalue weighted by atomic mass is 16.2. The number of carbonyl (C=O) groups excluding carboxylic acids is 1. The highest BCUT2D eigenvalue weighted by molar-refractivity contribution is 6.03. The summed E-state index contributed by atoms with van der Waals surface area (Å²) >= 11 is 0. The van der Waals surface area contributed by atoms with E-state index in [0.717, 1.165) is 21.0 Å². The number of rotatable bonds is 4. The van der Waals surface area contributed by atoms with Crippen LogP contribution >= 0.6 is 0 Å². The van der Waals surface area contributed by atoms with Gasteiger partial charge in [-0.05, 0) is 18.4 Å². The molecule has 1 heterocycles. The van der Waals surface area contributed by atoms with Crippen LogP contribution in [0.15, 0.2) is 83.8 Å². The summed E-state index contributed by atoms with van der Waals surface area (Å²) < 4.78 is 1.09. The van der Waals surface area contributed by atoms with E-state index in [1.54, 1.807) is 6.92 Å². The van der Waals surface area contributed by atoms with Gasteiger partial charge in [0, 0.05) is 16.6 Å². The van der Waals surface area contributed by atoms with Crippen LogP contribution in [-0.2, 0) is 4.79 Å². The Morgan fingerprint density at radius 1 is 0.964 bits per heavy atom. The molecule has 1 atom stereocenters. The number of fused-ring (bicyclic) bond motifs is 1. The van der Waals surface area contributed by atoms with Crippen molar-refractivity contribution >= 4 is 22.4 Å². The summed E-state index contributed by atoms with van der Waals surface area (Å²) in [5.74, 6) is -0.333. The molecule has 0 bridgehead atoms. The molecule has 3 aromatic carbocycles. The number of amides is 1. The Balaban J connectivity index is 1.59. The van der Waals surface area contributed by atoms with Gasteiger partial charge in [-0.25, -0.2) is 9.48 Å². The van der Waals surface area contributed by atoms with E-state index in [9.17, 15) is 9.59 Å². The molecule has 0 saturated carbocycles. The molecule has 0 saturated heterocycles. The van der Waals surface area contributed by atoms with Crippen LogP contribution in [0.3, 0.4) is 0 Å². The Morgan fingerprint density at radius 3 is 2.46 bits per heavy atom. The lowest BCUT2D eigenvalue weighted by Crippen LogP contribution is -2.34. The monoisotopic (exact) mass is 370 g/mol. The quantitative estimate of drug-likeness (QED) is 0.595. The van der Waals surface area contributed by atoms with E-state index < -0.39 is 11.7 Å². The molecule has 4 rings (SSSR count). The first-order valence-corrected chi connectivity index (χ1v) is 8.93. The van der Waals surface area contributed by atoms with Crippen LogP contribution in [0.4, 0.5) is 5.69 Å². The van der Waals surface area contributed by atoms with Crippen LogP contribution in [0.25, 0.3) is 22.0 Å². The second-order valence-electron chi connectivity index (χ2n) is 6.43. The first-order chi connectivity index (χ1) is 13.6. The normalized spacial score (nSPS) is 11.9. The molecule has 6 heteroatoms. The highest BCUT2D eigenvalue weighted by Crippen LogP contribution is 2.23. The molecule has 1 N–H and O–H groups in total. The standard InChI is InChI=1S/C22H18N4O2/c1-15(21(27)24-19-13-7-11-16-8-5-6-12-18(16)19)26-22(28)25-20(14-23-26)17-9-3-2-4-10-17/h2-15H,1H3,(H,24,27)/t15-/m0/s1. The molecule has 0 aliphatic rings. The van der Waals surface area contributed by atoms with Crippen LogP contribution in [0.2, 0.25) is 0 Å². The van der Waals surface area contributed by atoms with Gasteiger partial charge in [-0.2, -0.15) is 10.1 Å². The fourth-order valence-electron chi connectivity index (χ4n) is 3.05. The largest absolute Gasteiger partial charge is 0.365 e. The van der Waals surface area contributed by atoms with Gasteiger partial charge in [0.2, 0.25) is 5.91 Å². The van der Waals surface area contributed by atoms with Crippen molar-refractivity contribution in [1.82, 2.24) is 14.8 Å². The van der Waals surface area contributed by atoms with Crippen molar-refractivity contribution in [2.24, 2.45) is 0 Å². The highest BCUT2D eigenvalue weighted by Gasteiger charge is 2.19. The van der Waals surface area contributed by atoms with Crippen molar-refractivity contribution in [1.29, 1.82) is 0 Å². The Morgan fingerprint density at radius 2 is 1.68 bits per heavy atom. The van der Waals surface area contributed by atoms with Crippen molar-refractivity contribution in [2.45, 2.75) is 13.0 Å². The summed E-state index contributed by atoms with van der Waals surface area (Å²) in [7, 11) is 0. The second-order valence-corrected chi connectivity index (χ2v) is 6.43. The molecule has 138 valence electrons. The molecule has 28 heavy (non-hydrogen) atoms. The third-order valence-electron chi connectivity index (χ3n) is 4.58. The maximum Gasteiger partial charge on any atom is 0.365 e. The van der Waals surface area contributed by atoms with E-state index in [4.69, 9.17) is 0 Å². The minimum Gasteiger partial charge on any atom is -0.324 e. The van der Waals surface area contributed by atoms with E-state index >= 15 is 0 Å². The van der Waals surface area contributed by atoms with Crippen LogP contribution < -0.4 is 11.0 Å². The number of benzene rings is 3. The fourth-order valence-corrected chi connectivity index (χ4v) is 3.05. The van der Waals surface area contributed by atoms with Crippen LogP contribution in [0.5, 0.6) is 0 Å². The van der Waals surface area contributed by atoms with Gasteiger partial charge in [0.1, 0.15) is 6.04 Å². The maximum atomic E-state index is 12.7. The van der Waals surface area contributed by atoms with Crippen LogP contribution in [0, 0.1) is 0 Å². The van der Waals surface area contributed by atoms with Gasteiger partial charge >= 0.3 is 5.69 Å². The number of hydrogen-bond donors (Lipinski definition) is 1. The first-order valence-electron chi connectivity index (χ1n) is 8.93. The second kappa shape index (κ2) is 7.44. The Hall–Kier alpha value is -3.80. The first kappa shape index (κ1) is 17.6. The number of hydrogen-bond acceptors (Lipinski definition) is 4. The summed E-state index contributed by atoms with van der Waals surface area (Å²) in [5, 5.41) is 9.01. The Kier molecular flexibility index (Phi) is 4.68. The van der Waals surface area contributed by atoms with Crippen LogP contribution in [0.1, 0.15) is 13.0 Å². The molecule has 6 nitrogen and oxygen atoms in total. The van der Waals surface area contributed by atoms with Crippen molar-refractivity contribution in [3.8, 4) is 11.3 Å². The number of anilines is 1. The van der Waals surface area contributed by atoms with E-state index in [0.29, 0.717) is 11.4 Å². The van der Waals surface area contributed by atoms with Gasteiger partial charge in [0.05, 0.1) is 11.9 Å². The molecule has 0 aliphatic heterocycles. The van der Waals surface area contributed by atoms with E-state index in [2.05, 4.69) is 15.4 Å². The lowest BCUT2D eigenvalue weighted by molar-refractivity contribution is -0.119. The van der Waals surface area contributed by atoms with Gasteiger partial charge in [-0.15, -0.1) is 0 Å². The third kappa shape index (κ3) is 3.40. The number of aromatic nitrogens is 3. The lowest BCUT2D eigenvalue weighted by Gasteiger charge is -2.15. The maximum absolute atomic E-state index is 12.7. The predicted molar refractivity (Wildman–Crippen MR) is 109 cm³/mol. The minimum atomic E-state index is -0.802. The van der Waals surface area contributed by atoms with Gasteiger partial charge in [0.25, 0.3) is 0 Å². The van der Waals surface area contributed by atoms with Crippen molar-refractivity contribution in [2.75, 3.05) is 5.32 Å². The molecule has 0 unspecified atom stereocenters. The fraction of sp³-hybridized carbons (Fsp3) is 0.0909. The summed E-state index contributed by atoms with van der Waals surface area (Å²) in [6, 6.07) is 22.0. The van der Waals surface area contributed by atoms with Crippen molar-refractivity contribution < 1.29 is 4.79 Å². The number of nitrogens with zero attached hydrogens (tertiary/aromatic N) is 3. The molecule has 1 aromatic heterocycles. The number of carbonyl (C=O) groups is 1. The van der Waals surface area contributed by atoms with Gasteiger partial charge in [0.15, 0.2) is 0 Å². The average Bonchev–Trinajstić information content (AvgIpc) is 2.74. The topological polar surface area (TPSA) is 76.9 Å². The molecule has 0 spiro atoms. The molecule has 0 aliphatic carbocycles. The van der Waals surface area contributed by atoms with Crippen molar-refractivity contribution in [3.05, 3.63) is 89.5 Å². The van der Waals surface area contributed by atoms with Crippen LogP contribution in [-0.4, -0.2) is 20.7 Å². The number of nitrogens with one attached hydrogen (secondary N) is 1. The molecular formula is C22H18N4O2. The lowest BCUT2D eigenvalue weighted by atomic mass is 10.1. The zero-order valence-corrected chi connectivity index (χ0v) is 15.2. The van der Waals surface area contributed by atoms with E-state index in [-0.39, 0.29) is 5.91 Å². The molecule has 1 amide bonds. The Bertz CT molecular complexity index is 1200. The zero-order valence-electron chi connectivity index (χ0n) is 15.2. The summed E-state index contributed by atoms with van der Waals surface area (Å²) in [6.45, 7) is 1.62. The predicted octanol–water partition coefficient (Wildman–Crippen LogP) is 3.66. The van der Waals surface area contributed by atoms with Gasteiger partial charge < -0.3 is 5.32 Å². The van der Waals surface area contributed by atoms with E-state index in [1.165, 1.54) is 6.20 Å². The SMILES string of the molecule is C[C@@H](C(=O)Nc1cccc2ccccc12)n1ncc(-c2ccccc2)nc1=O. The molecular weight excluding hydrogens is 352 g/mol. The minimum absolute atomic E-state index is 0.333. The summed E-state index contributed by atoms with van der Waals surface area (Å²) in [4.78, 5) is 29.2. The summed E-state index contributed by atoms with van der Waals surface area (Å²) in [5.41, 5.74) is 1.40. The Labute approximate surface area is 161 Å². The van der Waals surface area contributed by atoms with Gasteiger partial charge in [-0.1, -0.05) is 66.7 Å². The third-order valence-corrected chi connectivity index (χ3v) is 4.58. The molecule has 0 fully saturated rings.